The summed E-state index contributed by atoms with van der Waals surface area (Å²) in [7, 11) is 4.56. The van der Waals surface area contributed by atoms with Crippen molar-refractivity contribution in [3.05, 3.63) is 47.2 Å². The maximum atomic E-state index is 12.7. The van der Waals surface area contributed by atoms with Gasteiger partial charge in [0.2, 0.25) is 17.4 Å². The van der Waals surface area contributed by atoms with Gasteiger partial charge in [-0.2, -0.15) is 0 Å². The summed E-state index contributed by atoms with van der Waals surface area (Å²) in [5.41, 5.74) is 1.58. The number of ketones is 1. The lowest BCUT2D eigenvalue weighted by Crippen LogP contribution is -2.06. The lowest BCUT2D eigenvalue weighted by atomic mass is 10.1. The summed E-state index contributed by atoms with van der Waals surface area (Å²) in [5, 5.41) is 2.65. The van der Waals surface area contributed by atoms with Crippen molar-refractivity contribution in [1.29, 1.82) is 0 Å². The molecule has 1 aliphatic heterocycles. The van der Waals surface area contributed by atoms with Crippen LogP contribution in [-0.2, 0) is 4.79 Å². The Balaban J connectivity index is 1.96. The van der Waals surface area contributed by atoms with Gasteiger partial charge in [-0.25, -0.2) is 0 Å². The van der Waals surface area contributed by atoms with Gasteiger partial charge in [0.1, 0.15) is 5.75 Å². The summed E-state index contributed by atoms with van der Waals surface area (Å²) in [6, 6.07) is 8.35. The second-order valence-corrected chi connectivity index (χ2v) is 5.79. The molecule has 0 unspecified atom stereocenters. The molecule has 0 atom stereocenters. The van der Waals surface area contributed by atoms with Gasteiger partial charge in [0, 0.05) is 12.6 Å². The fourth-order valence-electron chi connectivity index (χ4n) is 2.81. The number of fused-ring (bicyclic) bond motifs is 1. The van der Waals surface area contributed by atoms with Crippen LogP contribution in [-0.4, -0.2) is 33.0 Å². The third-order valence-electron chi connectivity index (χ3n) is 3.97. The van der Waals surface area contributed by atoms with Crippen molar-refractivity contribution in [2.75, 3.05) is 26.6 Å². The molecule has 0 spiro atoms. The van der Waals surface area contributed by atoms with Crippen LogP contribution in [0.3, 0.4) is 0 Å². The predicted molar refractivity (Wildman–Crippen MR) is 99.8 cm³/mol. The van der Waals surface area contributed by atoms with Gasteiger partial charge < -0.3 is 24.3 Å². The van der Waals surface area contributed by atoms with Crippen LogP contribution >= 0.6 is 0 Å². The van der Waals surface area contributed by atoms with E-state index in [1.807, 2.05) is 0 Å². The summed E-state index contributed by atoms with van der Waals surface area (Å²) in [6.45, 7) is 1.40. The number of carbonyl (C=O) groups excluding carboxylic acids is 2. The molecule has 0 fully saturated rings. The summed E-state index contributed by atoms with van der Waals surface area (Å²) < 4.78 is 21.6. The van der Waals surface area contributed by atoms with Gasteiger partial charge in [-0.15, -0.1) is 0 Å². The van der Waals surface area contributed by atoms with Crippen LogP contribution in [0, 0.1) is 0 Å². The standard InChI is InChI=1S/C20H19NO6/c1-11(22)21-13-5-6-15-14(10-13)19(23)16(27-15)7-12-8-17(24-2)20(26-4)18(9-12)25-3/h5-10H,1-4H3,(H,21,22)/b16-7-. The molecule has 0 aromatic heterocycles. The maximum Gasteiger partial charge on any atom is 0.232 e. The fourth-order valence-corrected chi connectivity index (χ4v) is 2.81. The first-order valence-corrected chi connectivity index (χ1v) is 8.12. The normalized spacial score (nSPS) is 13.8. The molecule has 1 heterocycles. The Morgan fingerprint density at radius 2 is 1.70 bits per heavy atom. The fraction of sp³-hybridized carbons (Fsp3) is 0.200. The average molecular weight is 369 g/mol. The molecule has 1 aliphatic rings. The molecule has 0 radical (unpaired) electrons. The van der Waals surface area contributed by atoms with E-state index < -0.39 is 0 Å². The minimum absolute atomic E-state index is 0.166. The molecule has 7 heteroatoms. The number of Topliss-reactive ketones (excluding diaryl/α,β-unsaturated/α-hetero) is 1. The largest absolute Gasteiger partial charge is 0.493 e. The minimum Gasteiger partial charge on any atom is -0.493 e. The Hall–Kier alpha value is -3.48. The van der Waals surface area contributed by atoms with E-state index in [1.54, 1.807) is 36.4 Å². The average Bonchev–Trinajstić information content (AvgIpc) is 2.95. The smallest absolute Gasteiger partial charge is 0.232 e. The summed E-state index contributed by atoms with van der Waals surface area (Å²) in [4.78, 5) is 23.9. The van der Waals surface area contributed by atoms with E-state index in [2.05, 4.69) is 5.32 Å². The zero-order valence-corrected chi connectivity index (χ0v) is 15.4. The Morgan fingerprint density at radius 3 is 2.26 bits per heavy atom. The van der Waals surface area contributed by atoms with E-state index in [1.165, 1.54) is 28.3 Å². The Morgan fingerprint density at radius 1 is 1.04 bits per heavy atom. The first-order valence-electron chi connectivity index (χ1n) is 8.12. The second kappa shape index (κ2) is 7.41. The number of ether oxygens (including phenoxy) is 4. The topological polar surface area (TPSA) is 83.1 Å². The van der Waals surface area contributed by atoms with Crippen LogP contribution in [0.25, 0.3) is 6.08 Å². The van der Waals surface area contributed by atoms with Crippen molar-refractivity contribution in [3.8, 4) is 23.0 Å². The first kappa shape index (κ1) is 18.3. The molecule has 0 bridgehead atoms. The van der Waals surface area contributed by atoms with Crippen LogP contribution in [0.15, 0.2) is 36.1 Å². The highest BCUT2D eigenvalue weighted by Gasteiger charge is 2.28. The van der Waals surface area contributed by atoms with E-state index in [9.17, 15) is 9.59 Å². The predicted octanol–water partition coefficient (Wildman–Crippen LogP) is 3.29. The van der Waals surface area contributed by atoms with Crippen LogP contribution in [0.4, 0.5) is 5.69 Å². The summed E-state index contributed by atoms with van der Waals surface area (Å²) in [6.07, 6.45) is 1.60. The van der Waals surface area contributed by atoms with Crippen molar-refractivity contribution in [1.82, 2.24) is 0 Å². The second-order valence-electron chi connectivity index (χ2n) is 5.79. The van der Waals surface area contributed by atoms with Gasteiger partial charge in [-0.3, -0.25) is 9.59 Å². The van der Waals surface area contributed by atoms with E-state index in [-0.39, 0.29) is 17.4 Å². The number of nitrogens with one attached hydrogen (secondary N) is 1. The van der Waals surface area contributed by atoms with Crippen LogP contribution in [0.2, 0.25) is 0 Å². The quantitative estimate of drug-likeness (QED) is 0.815. The highest BCUT2D eigenvalue weighted by atomic mass is 16.5. The lowest BCUT2D eigenvalue weighted by Gasteiger charge is -2.13. The van der Waals surface area contributed by atoms with E-state index in [0.29, 0.717) is 39.8 Å². The van der Waals surface area contributed by atoms with E-state index >= 15 is 0 Å². The molecule has 1 N–H and O–H groups in total. The molecule has 140 valence electrons. The highest BCUT2D eigenvalue weighted by Crippen LogP contribution is 2.40. The van der Waals surface area contributed by atoms with Crippen LogP contribution in [0.5, 0.6) is 23.0 Å². The number of methoxy groups -OCH3 is 3. The van der Waals surface area contributed by atoms with Crippen molar-refractivity contribution < 1.29 is 28.5 Å². The van der Waals surface area contributed by atoms with Gasteiger partial charge in [0.25, 0.3) is 0 Å². The Labute approximate surface area is 156 Å². The lowest BCUT2D eigenvalue weighted by molar-refractivity contribution is -0.114. The third kappa shape index (κ3) is 3.57. The van der Waals surface area contributed by atoms with Crippen LogP contribution < -0.4 is 24.3 Å². The van der Waals surface area contributed by atoms with Crippen molar-refractivity contribution in [3.63, 3.8) is 0 Å². The number of carbonyl (C=O) groups is 2. The first-order chi connectivity index (χ1) is 13.0. The molecule has 27 heavy (non-hydrogen) atoms. The molecule has 0 saturated heterocycles. The van der Waals surface area contributed by atoms with Crippen LogP contribution in [0.1, 0.15) is 22.8 Å². The zero-order valence-electron chi connectivity index (χ0n) is 15.4. The molecular formula is C20H19NO6. The van der Waals surface area contributed by atoms with E-state index in [0.717, 1.165) is 0 Å². The van der Waals surface area contributed by atoms with Crippen molar-refractivity contribution in [2.24, 2.45) is 0 Å². The molecule has 2 aromatic carbocycles. The summed E-state index contributed by atoms with van der Waals surface area (Å²) in [5.74, 6) is 1.52. The van der Waals surface area contributed by atoms with Crippen molar-refractivity contribution >= 4 is 23.5 Å². The van der Waals surface area contributed by atoms with Gasteiger partial charge in [-0.1, -0.05) is 0 Å². The molecule has 2 aromatic rings. The molecule has 3 rings (SSSR count). The number of amides is 1. The van der Waals surface area contributed by atoms with Gasteiger partial charge in [-0.05, 0) is 42.0 Å². The SMILES string of the molecule is COc1cc(/C=C2\Oc3ccc(NC(C)=O)cc3C2=O)cc(OC)c1OC. The van der Waals surface area contributed by atoms with Gasteiger partial charge in [0.05, 0.1) is 26.9 Å². The Kier molecular flexibility index (Phi) is 5.03. The third-order valence-corrected chi connectivity index (χ3v) is 3.97. The maximum absolute atomic E-state index is 12.7. The number of hydrogen-bond donors (Lipinski definition) is 1. The summed E-state index contributed by atoms with van der Waals surface area (Å²) >= 11 is 0. The molecule has 1 amide bonds. The molecule has 0 aliphatic carbocycles. The number of rotatable bonds is 5. The number of benzene rings is 2. The number of hydrogen-bond acceptors (Lipinski definition) is 6. The monoisotopic (exact) mass is 369 g/mol. The van der Waals surface area contributed by atoms with Gasteiger partial charge >= 0.3 is 0 Å². The molecular weight excluding hydrogens is 350 g/mol. The molecule has 7 nitrogen and oxygen atoms in total. The molecule has 0 saturated carbocycles. The number of allylic oxidation sites excluding steroid dienone is 1. The van der Waals surface area contributed by atoms with E-state index in [4.69, 9.17) is 18.9 Å². The minimum atomic E-state index is -0.272. The Bertz CT molecular complexity index is 922. The highest BCUT2D eigenvalue weighted by molar-refractivity contribution is 6.15. The number of anilines is 1. The van der Waals surface area contributed by atoms with Crippen molar-refractivity contribution in [2.45, 2.75) is 6.92 Å². The zero-order chi connectivity index (χ0) is 19.6. The van der Waals surface area contributed by atoms with Gasteiger partial charge in [0.15, 0.2) is 17.3 Å².